The molecule has 0 saturated carbocycles. The van der Waals surface area contributed by atoms with E-state index in [0.29, 0.717) is 11.5 Å². The van der Waals surface area contributed by atoms with E-state index >= 15 is 0 Å². The van der Waals surface area contributed by atoms with E-state index in [4.69, 9.17) is 9.47 Å². The summed E-state index contributed by atoms with van der Waals surface area (Å²) in [5, 5.41) is 4.39. The molecule has 0 aliphatic rings. The lowest BCUT2D eigenvalue weighted by Gasteiger charge is -2.08. The minimum Gasteiger partial charge on any atom is -0.457 e. The molecule has 7 heteroatoms. The minimum absolute atomic E-state index is 0.215. The van der Waals surface area contributed by atoms with Crippen molar-refractivity contribution in [3.05, 3.63) is 72.8 Å². The van der Waals surface area contributed by atoms with E-state index in [1.807, 2.05) is 23.5 Å². The Bertz CT molecular complexity index is 790. The molecule has 0 aromatic heterocycles. The van der Waals surface area contributed by atoms with Crippen molar-refractivity contribution < 1.29 is 23.9 Å². The van der Waals surface area contributed by atoms with Crippen molar-refractivity contribution in [2.24, 2.45) is 0 Å². The van der Waals surface area contributed by atoms with Crippen LogP contribution in [0.2, 0.25) is 0 Å². The third-order valence-corrected chi connectivity index (χ3v) is 3.04. The van der Waals surface area contributed by atoms with Gasteiger partial charge >= 0.3 is 12.0 Å². The number of ether oxygens (including phenoxy) is 2. The van der Waals surface area contributed by atoms with Crippen LogP contribution in [0, 0.1) is 0 Å². The predicted molar refractivity (Wildman–Crippen MR) is 95.0 cm³/mol. The van der Waals surface area contributed by atoms with E-state index in [0.717, 1.165) is 0 Å². The van der Waals surface area contributed by atoms with Crippen LogP contribution in [0.4, 0.5) is 4.79 Å². The molecule has 0 spiro atoms. The van der Waals surface area contributed by atoms with Crippen LogP contribution in [-0.4, -0.2) is 31.1 Å². The van der Waals surface area contributed by atoms with Gasteiger partial charge in [0.05, 0.1) is 5.56 Å². The summed E-state index contributed by atoms with van der Waals surface area (Å²) in [6.45, 7) is 3.07. The van der Waals surface area contributed by atoms with Crippen LogP contribution in [0.15, 0.2) is 67.3 Å². The van der Waals surface area contributed by atoms with Gasteiger partial charge < -0.3 is 14.8 Å². The van der Waals surface area contributed by atoms with Crippen molar-refractivity contribution in [3.63, 3.8) is 0 Å². The molecule has 0 unspecified atom stereocenters. The smallest absolute Gasteiger partial charge is 0.338 e. The van der Waals surface area contributed by atoms with E-state index in [-0.39, 0.29) is 12.1 Å². The maximum Gasteiger partial charge on any atom is 0.338 e. The summed E-state index contributed by atoms with van der Waals surface area (Å²) in [6.07, 6.45) is 1.47. The molecule has 134 valence electrons. The largest absolute Gasteiger partial charge is 0.457 e. The molecule has 3 amide bonds. The average molecular weight is 354 g/mol. The number of para-hydroxylation sites is 1. The highest BCUT2D eigenvalue weighted by Crippen LogP contribution is 2.22. The van der Waals surface area contributed by atoms with E-state index in [9.17, 15) is 14.4 Å². The highest BCUT2D eigenvalue weighted by molar-refractivity contribution is 5.97. The summed E-state index contributed by atoms with van der Waals surface area (Å²) in [4.78, 5) is 34.9. The second kappa shape index (κ2) is 9.63. The van der Waals surface area contributed by atoms with E-state index in [1.165, 1.54) is 18.2 Å². The maximum absolute atomic E-state index is 12.0. The number of carbonyl (C=O) groups excluding carboxylic acids is 3. The fraction of sp³-hybridized carbons (Fsp3) is 0.105. The highest BCUT2D eigenvalue weighted by atomic mass is 16.5. The molecule has 26 heavy (non-hydrogen) atoms. The van der Waals surface area contributed by atoms with Gasteiger partial charge in [0.2, 0.25) is 0 Å². The van der Waals surface area contributed by atoms with Gasteiger partial charge in [0, 0.05) is 6.54 Å². The lowest BCUT2D eigenvalue weighted by Crippen LogP contribution is -2.41. The lowest BCUT2D eigenvalue weighted by molar-refractivity contribution is -0.123. The Kier molecular flexibility index (Phi) is 6.93. The van der Waals surface area contributed by atoms with Gasteiger partial charge in [-0.25, -0.2) is 9.59 Å². The predicted octanol–water partition coefficient (Wildman–Crippen LogP) is 2.65. The van der Waals surface area contributed by atoms with Gasteiger partial charge in [-0.3, -0.25) is 10.1 Å². The van der Waals surface area contributed by atoms with E-state index < -0.39 is 24.5 Å². The number of benzene rings is 2. The monoisotopic (exact) mass is 354 g/mol. The van der Waals surface area contributed by atoms with Crippen molar-refractivity contribution in [1.82, 2.24) is 10.6 Å². The SMILES string of the molecule is C=CCNC(=O)NC(=O)COC(=O)c1cccc(Oc2ccccc2)c1. The van der Waals surface area contributed by atoms with Crippen LogP contribution in [0.1, 0.15) is 10.4 Å². The zero-order valence-electron chi connectivity index (χ0n) is 13.9. The first kappa shape index (κ1) is 18.7. The lowest BCUT2D eigenvalue weighted by atomic mass is 10.2. The molecule has 7 nitrogen and oxygen atoms in total. The summed E-state index contributed by atoms with van der Waals surface area (Å²) < 4.78 is 10.5. The van der Waals surface area contributed by atoms with Crippen LogP contribution in [0.25, 0.3) is 0 Å². The Balaban J connectivity index is 1.87. The van der Waals surface area contributed by atoms with Gasteiger partial charge in [-0.1, -0.05) is 30.3 Å². The third-order valence-electron chi connectivity index (χ3n) is 3.04. The summed E-state index contributed by atoms with van der Waals surface area (Å²) in [7, 11) is 0. The number of amides is 3. The first-order valence-electron chi connectivity index (χ1n) is 7.77. The van der Waals surface area contributed by atoms with Gasteiger partial charge in [-0.15, -0.1) is 6.58 Å². The Morgan fingerprint density at radius 3 is 2.46 bits per heavy atom. The zero-order chi connectivity index (χ0) is 18.8. The van der Waals surface area contributed by atoms with Gasteiger partial charge in [0.25, 0.3) is 5.91 Å². The molecule has 2 rings (SSSR count). The number of carbonyl (C=O) groups is 3. The first-order valence-corrected chi connectivity index (χ1v) is 7.77. The van der Waals surface area contributed by atoms with Crippen LogP contribution in [-0.2, 0) is 9.53 Å². The molecule has 0 bridgehead atoms. The molecular weight excluding hydrogens is 336 g/mol. The number of hydrogen-bond donors (Lipinski definition) is 2. The first-order chi connectivity index (χ1) is 12.6. The molecular formula is C19H18N2O5. The van der Waals surface area contributed by atoms with Crippen LogP contribution in [0.3, 0.4) is 0 Å². The van der Waals surface area contributed by atoms with Gasteiger partial charge in [-0.2, -0.15) is 0 Å². The molecule has 0 fully saturated rings. The molecule has 2 N–H and O–H groups in total. The molecule has 0 aliphatic carbocycles. The molecule has 0 saturated heterocycles. The minimum atomic E-state index is -0.739. The number of imide groups is 1. The Morgan fingerprint density at radius 2 is 1.73 bits per heavy atom. The fourth-order valence-corrected chi connectivity index (χ4v) is 1.90. The number of hydrogen-bond acceptors (Lipinski definition) is 5. The van der Waals surface area contributed by atoms with Crippen LogP contribution in [0.5, 0.6) is 11.5 Å². The highest BCUT2D eigenvalue weighted by Gasteiger charge is 2.13. The zero-order valence-corrected chi connectivity index (χ0v) is 13.9. The number of rotatable bonds is 7. The second-order valence-electron chi connectivity index (χ2n) is 5.07. The number of esters is 1. The summed E-state index contributed by atoms with van der Waals surface area (Å²) in [6, 6.07) is 14.8. The van der Waals surface area contributed by atoms with Gasteiger partial charge in [-0.05, 0) is 30.3 Å². The molecule has 0 heterocycles. The topological polar surface area (TPSA) is 93.7 Å². The number of urea groups is 1. The Hall–Kier alpha value is -3.61. The molecule has 2 aromatic carbocycles. The molecule has 0 radical (unpaired) electrons. The summed E-state index contributed by atoms with van der Waals surface area (Å²) in [5.41, 5.74) is 0.224. The standard InChI is InChI=1S/C19H18N2O5/c1-2-11-20-19(24)21-17(22)13-25-18(23)14-7-6-10-16(12-14)26-15-8-4-3-5-9-15/h2-10,12H,1,11,13H2,(H2,20,21,22,24). The quantitative estimate of drug-likeness (QED) is 0.589. The van der Waals surface area contributed by atoms with Crippen LogP contribution < -0.4 is 15.4 Å². The second-order valence-corrected chi connectivity index (χ2v) is 5.07. The van der Waals surface area contributed by atoms with Gasteiger partial charge in [0.15, 0.2) is 6.61 Å². The summed E-state index contributed by atoms with van der Waals surface area (Å²) in [5.74, 6) is -0.358. The summed E-state index contributed by atoms with van der Waals surface area (Å²) >= 11 is 0. The van der Waals surface area contributed by atoms with Crippen molar-refractivity contribution in [2.75, 3.05) is 13.2 Å². The van der Waals surface area contributed by atoms with Gasteiger partial charge in [0.1, 0.15) is 11.5 Å². The van der Waals surface area contributed by atoms with Crippen molar-refractivity contribution in [2.45, 2.75) is 0 Å². The number of nitrogens with one attached hydrogen (secondary N) is 2. The van der Waals surface area contributed by atoms with Crippen molar-refractivity contribution in [3.8, 4) is 11.5 Å². The van der Waals surface area contributed by atoms with Crippen molar-refractivity contribution in [1.29, 1.82) is 0 Å². The Morgan fingerprint density at radius 1 is 1.00 bits per heavy atom. The molecule has 2 aromatic rings. The van der Waals surface area contributed by atoms with E-state index in [2.05, 4.69) is 11.9 Å². The molecule has 0 aliphatic heterocycles. The van der Waals surface area contributed by atoms with Crippen LogP contribution >= 0.6 is 0 Å². The Labute approximate surface area is 150 Å². The third kappa shape index (κ3) is 6.12. The fourth-order valence-electron chi connectivity index (χ4n) is 1.90. The molecule has 0 atom stereocenters. The van der Waals surface area contributed by atoms with E-state index in [1.54, 1.807) is 24.3 Å². The average Bonchev–Trinajstić information content (AvgIpc) is 2.65. The normalized spacial score (nSPS) is 9.69. The maximum atomic E-state index is 12.0. The van der Waals surface area contributed by atoms with Crippen molar-refractivity contribution >= 4 is 17.9 Å².